The number of carbonyl (C=O) groups is 1. The molecule has 0 saturated carbocycles. The molecule has 0 bridgehead atoms. The van der Waals surface area contributed by atoms with E-state index < -0.39 is 0 Å². The van der Waals surface area contributed by atoms with Gasteiger partial charge in [-0.3, -0.25) is 4.79 Å². The van der Waals surface area contributed by atoms with Gasteiger partial charge in [0.25, 0.3) is 0 Å². The van der Waals surface area contributed by atoms with Gasteiger partial charge in [0, 0.05) is 39.2 Å². The van der Waals surface area contributed by atoms with Crippen molar-refractivity contribution in [2.24, 2.45) is 0 Å². The predicted molar refractivity (Wildman–Crippen MR) is 121 cm³/mol. The standard InChI is InChI=1S/C23H30N6O2/c1-4-8-17(2)21-25-22(28-13-11-27(12-14-28)20(30)16-31-3)19-15-24-29(23(19)26-21)18-9-6-5-7-10-18/h5-7,9-10,15,17H,4,8,11-14,16H2,1-3H3/t17-/m0/s1. The third-order valence-corrected chi connectivity index (χ3v) is 5.79. The quantitative estimate of drug-likeness (QED) is 0.583. The molecule has 31 heavy (non-hydrogen) atoms. The first-order chi connectivity index (χ1) is 15.1. The second-order valence-corrected chi connectivity index (χ2v) is 8.03. The van der Waals surface area contributed by atoms with E-state index >= 15 is 0 Å². The largest absolute Gasteiger partial charge is 0.375 e. The molecule has 4 rings (SSSR count). The molecule has 164 valence electrons. The van der Waals surface area contributed by atoms with Gasteiger partial charge in [0.2, 0.25) is 5.91 Å². The van der Waals surface area contributed by atoms with Crippen molar-refractivity contribution in [2.75, 3.05) is 44.8 Å². The molecular formula is C23H30N6O2. The number of nitrogens with zero attached hydrogens (tertiary/aromatic N) is 6. The molecule has 0 N–H and O–H groups in total. The molecule has 0 radical (unpaired) electrons. The van der Waals surface area contributed by atoms with E-state index in [-0.39, 0.29) is 18.4 Å². The average Bonchev–Trinajstić information content (AvgIpc) is 3.23. The lowest BCUT2D eigenvalue weighted by Crippen LogP contribution is -2.50. The van der Waals surface area contributed by atoms with E-state index in [9.17, 15) is 4.79 Å². The lowest BCUT2D eigenvalue weighted by molar-refractivity contribution is -0.135. The van der Waals surface area contributed by atoms with Gasteiger partial charge < -0.3 is 14.5 Å². The summed E-state index contributed by atoms with van der Waals surface area (Å²) in [6.07, 6.45) is 3.97. The molecule has 1 aliphatic rings. The fourth-order valence-electron chi connectivity index (χ4n) is 4.07. The van der Waals surface area contributed by atoms with Gasteiger partial charge in [-0.05, 0) is 18.6 Å². The first-order valence-corrected chi connectivity index (χ1v) is 10.9. The Kier molecular flexibility index (Phi) is 6.46. The number of hydrogen-bond acceptors (Lipinski definition) is 6. The van der Waals surface area contributed by atoms with E-state index in [4.69, 9.17) is 14.7 Å². The highest BCUT2D eigenvalue weighted by molar-refractivity contribution is 5.88. The maximum absolute atomic E-state index is 12.2. The van der Waals surface area contributed by atoms with Crippen LogP contribution in [0.2, 0.25) is 0 Å². The van der Waals surface area contributed by atoms with Crippen LogP contribution in [0.4, 0.5) is 5.82 Å². The van der Waals surface area contributed by atoms with Crippen LogP contribution in [0.25, 0.3) is 16.7 Å². The summed E-state index contributed by atoms with van der Waals surface area (Å²) >= 11 is 0. The van der Waals surface area contributed by atoms with Gasteiger partial charge in [-0.25, -0.2) is 14.6 Å². The number of fused-ring (bicyclic) bond motifs is 1. The van der Waals surface area contributed by atoms with E-state index in [0.717, 1.165) is 54.3 Å². The van der Waals surface area contributed by atoms with Crippen molar-refractivity contribution in [1.29, 1.82) is 0 Å². The Morgan fingerprint density at radius 3 is 2.55 bits per heavy atom. The molecule has 1 fully saturated rings. The second kappa shape index (κ2) is 9.43. The van der Waals surface area contributed by atoms with Crippen molar-refractivity contribution in [3.63, 3.8) is 0 Å². The summed E-state index contributed by atoms with van der Waals surface area (Å²) in [6.45, 7) is 7.24. The Bertz CT molecular complexity index is 1030. The highest BCUT2D eigenvalue weighted by Crippen LogP contribution is 2.29. The zero-order valence-corrected chi connectivity index (χ0v) is 18.5. The van der Waals surface area contributed by atoms with Gasteiger partial charge in [0.1, 0.15) is 18.2 Å². The van der Waals surface area contributed by atoms with E-state index in [0.29, 0.717) is 13.1 Å². The number of rotatable bonds is 7. The van der Waals surface area contributed by atoms with Gasteiger partial charge in [0.05, 0.1) is 17.3 Å². The molecule has 3 heterocycles. The van der Waals surface area contributed by atoms with Gasteiger partial charge >= 0.3 is 0 Å². The Morgan fingerprint density at radius 2 is 1.87 bits per heavy atom. The Labute approximate surface area is 182 Å². The van der Waals surface area contributed by atoms with Crippen LogP contribution in [0, 0.1) is 0 Å². The maximum Gasteiger partial charge on any atom is 0.248 e. The molecule has 8 nitrogen and oxygen atoms in total. The summed E-state index contributed by atoms with van der Waals surface area (Å²) in [4.78, 5) is 26.2. The second-order valence-electron chi connectivity index (χ2n) is 8.03. The van der Waals surface area contributed by atoms with Crippen LogP contribution in [0.3, 0.4) is 0 Å². The van der Waals surface area contributed by atoms with Crippen LogP contribution in [0.15, 0.2) is 36.5 Å². The highest BCUT2D eigenvalue weighted by atomic mass is 16.5. The summed E-state index contributed by atoms with van der Waals surface area (Å²) < 4.78 is 6.89. The number of hydrogen-bond donors (Lipinski definition) is 0. The first-order valence-electron chi connectivity index (χ1n) is 10.9. The molecule has 1 saturated heterocycles. The number of amides is 1. The van der Waals surface area contributed by atoms with Gasteiger partial charge in [-0.15, -0.1) is 0 Å². The summed E-state index contributed by atoms with van der Waals surface area (Å²) in [5.74, 6) is 2.05. The molecule has 1 aromatic carbocycles. The number of anilines is 1. The van der Waals surface area contributed by atoms with Crippen LogP contribution in [0.5, 0.6) is 0 Å². The molecule has 8 heteroatoms. The minimum absolute atomic E-state index is 0.0316. The zero-order valence-electron chi connectivity index (χ0n) is 18.5. The minimum Gasteiger partial charge on any atom is -0.375 e. The zero-order chi connectivity index (χ0) is 21.8. The Hall–Kier alpha value is -3.00. The molecule has 1 atom stereocenters. The molecule has 0 spiro atoms. The summed E-state index contributed by atoms with van der Waals surface area (Å²) in [7, 11) is 1.55. The summed E-state index contributed by atoms with van der Waals surface area (Å²) in [6, 6.07) is 10.1. The van der Waals surface area contributed by atoms with Gasteiger partial charge in [0.15, 0.2) is 5.65 Å². The SMILES string of the molecule is CCC[C@H](C)c1nc(N2CCN(C(=O)COC)CC2)c2cnn(-c3ccccc3)c2n1. The highest BCUT2D eigenvalue weighted by Gasteiger charge is 2.25. The van der Waals surface area contributed by atoms with Gasteiger partial charge in [-0.1, -0.05) is 38.5 Å². The maximum atomic E-state index is 12.2. The third kappa shape index (κ3) is 4.39. The van der Waals surface area contributed by atoms with E-state index in [1.54, 1.807) is 7.11 Å². The number of methoxy groups -OCH3 is 1. The monoisotopic (exact) mass is 422 g/mol. The minimum atomic E-state index is 0.0316. The average molecular weight is 423 g/mol. The fraction of sp³-hybridized carbons (Fsp3) is 0.478. The van der Waals surface area contributed by atoms with Crippen molar-refractivity contribution in [1.82, 2.24) is 24.6 Å². The lowest BCUT2D eigenvalue weighted by atomic mass is 10.1. The normalized spacial score (nSPS) is 15.5. The molecule has 0 aliphatic carbocycles. The number of carbonyl (C=O) groups excluding carboxylic acids is 1. The Morgan fingerprint density at radius 1 is 1.13 bits per heavy atom. The Balaban J connectivity index is 1.71. The van der Waals surface area contributed by atoms with Crippen molar-refractivity contribution < 1.29 is 9.53 Å². The van der Waals surface area contributed by atoms with E-state index in [1.165, 1.54) is 0 Å². The van der Waals surface area contributed by atoms with Crippen LogP contribution in [-0.2, 0) is 9.53 Å². The summed E-state index contributed by atoms with van der Waals surface area (Å²) in [5, 5.41) is 5.58. The smallest absolute Gasteiger partial charge is 0.248 e. The number of piperazine rings is 1. The van der Waals surface area contributed by atoms with Crippen LogP contribution in [0.1, 0.15) is 38.4 Å². The number of benzene rings is 1. The predicted octanol–water partition coefficient (Wildman–Crippen LogP) is 3.01. The van der Waals surface area contributed by atoms with E-state index in [1.807, 2.05) is 46.1 Å². The van der Waals surface area contributed by atoms with Crippen molar-refractivity contribution in [3.05, 3.63) is 42.4 Å². The topological polar surface area (TPSA) is 76.4 Å². The summed E-state index contributed by atoms with van der Waals surface area (Å²) in [5.41, 5.74) is 1.80. The molecule has 2 aromatic heterocycles. The number of ether oxygens (including phenoxy) is 1. The molecular weight excluding hydrogens is 392 g/mol. The van der Waals surface area contributed by atoms with Gasteiger partial charge in [-0.2, -0.15) is 5.10 Å². The molecule has 3 aromatic rings. The molecule has 1 amide bonds. The molecule has 0 unspecified atom stereocenters. The number of para-hydroxylation sites is 1. The van der Waals surface area contributed by atoms with Crippen molar-refractivity contribution in [3.8, 4) is 5.69 Å². The lowest BCUT2D eigenvalue weighted by Gasteiger charge is -2.35. The van der Waals surface area contributed by atoms with Crippen molar-refractivity contribution >= 4 is 22.8 Å². The fourth-order valence-corrected chi connectivity index (χ4v) is 4.07. The van der Waals surface area contributed by atoms with Crippen molar-refractivity contribution in [2.45, 2.75) is 32.6 Å². The van der Waals surface area contributed by atoms with E-state index in [2.05, 4.69) is 23.8 Å². The van der Waals surface area contributed by atoms with Crippen LogP contribution < -0.4 is 4.90 Å². The number of aromatic nitrogens is 4. The third-order valence-electron chi connectivity index (χ3n) is 5.79. The van der Waals surface area contributed by atoms with Crippen LogP contribution in [-0.4, -0.2) is 70.5 Å². The molecule has 1 aliphatic heterocycles. The van der Waals surface area contributed by atoms with Crippen LogP contribution >= 0.6 is 0 Å². The first kappa shape index (κ1) is 21.2.